The van der Waals surface area contributed by atoms with Crippen molar-refractivity contribution in [1.29, 1.82) is 0 Å². The number of sulfone groups is 1. The first-order chi connectivity index (χ1) is 6.44. The van der Waals surface area contributed by atoms with Gasteiger partial charge in [-0.2, -0.15) is 0 Å². The second-order valence-corrected chi connectivity index (χ2v) is 6.44. The fraction of sp³-hybridized carbons (Fsp3) is 1.00. The van der Waals surface area contributed by atoms with E-state index >= 15 is 0 Å². The normalized spacial score (nSPS) is 16.6. The number of nitrogens with two attached hydrogens (primary N) is 1. The summed E-state index contributed by atoms with van der Waals surface area (Å²) in [6, 6.07) is 0.155. The van der Waals surface area contributed by atoms with Crippen molar-refractivity contribution < 1.29 is 8.42 Å². The van der Waals surface area contributed by atoms with Crippen molar-refractivity contribution >= 4 is 9.84 Å². The molecule has 0 aliphatic carbocycles. The van der Waals surface area contributed by atoms with E-state index in [0.29, 0.717) is 12.8 Å². The molecule has 0 spiro atoms. The van der Waals surface area contributed by atoms with Crippen molar-refractivity contribution in [3.05, 3.63) is 0 Å². The smallest absolute Gasteiger partial charge is 0.152 e. The Kier molecular flexibility index (Phi) is 6.36. The van der Waals surface area contributed by atoms with Crippen LogP contribution >= 0.6 is 0 Å². The van der Waals surface area contributed by atoms with E-state index in [9.17, 15) is 8.42 Å². The Morgan fingerprint density at radius 1 is 1.21 bits per heavy atom. The van der Waals surface area contributed by atoms with Gasteiger partial charge in [0, 0.05) is 6.04 Å². The molecule has 14 heavy (non-hydrogen) atoms. The van der Waals surface area contributed by atoms with Crippen molar-refractivity contribution in [2.75, 3.05) is 5.75 Å². The summed E-state index contributed by atoms with van der Waals surface area (Å²) in [6.45, 7) is 5.70. The fourth-order valence-corrected chi connectivity index (χ4v) is 2.69. The predicted molar refractivity (Wildman–Crippen MR) is 61.0 cm³/mol. The van der Waals surface area contributed by atoms with Crippen LogP contribution in [0.3, 0.4) is 0 Å². The van der Waals surface area contributed by atoms with Gasteiger partial charge in [0.05, 0.1) is 11.0 Å². The van der Waals surface area contributed by atoms with Gasteiger partial charge in [0.25, 0.3) is 0 Å². The van der Waals surface area contributed by atoms with E-state index in [1.54, 1.807) is 6.92 Å². The van der Waals surface area contributed by atoms with Gasteiger partial charge >= 0.3 is 0 Å². The first kappa shape index (κ1) is 13.9. The molecule has 3 nitrogen and oxygen atoms in total. The maximum atomic E-state index is 11.6. The van der Waals surface area contributed by atoms with Crippen LogP contribution in [-0.2, 0) is 9.84 Å². The Morgan fingerprint density at radius 2 is 1.79 bits per heavy atom. The molecule has 2 atom stereocenters. The van der Waals surface area contributed by atoms with Crippen molar-refractivity contribution in [3.63, 3.8) is 0 Å². The molecule has 2 unspecified atom stereocenters. The fourth-order valence-electron chi connectivity index (χ4n) is 1.21. The van der Waals surface area contributed by atoms with Crippen molar-refractivity contribution in [2.45, 2.75) is 57.7 Å². The minimum atomic E-state index is -2.87. The van der Waals surface area contributed by atoms with Crippen LogP contribution in [0.1, 0.15) is 46.5 Å². The lowest BCUT2D eigenvalue weighted by molar-refractivity contribution is 0.559. The van der Waals surface area contributed by atoms with E-state index < -0.39 is 9.84 Å². The molecule has 4 heteroatoms. The lowest BCUT2D eigenvalue weighted by Crippen LogP contribution is -2.23. The molecule has 0 bridgehead atoms. The molecule has 0 aromatic rings. The highest BCUT2D eigenvalue weighted by atomic mass is 32.2. The van der Waals surface area contributed by atoms with E-state index in [1.807, 2.05) is 13.8 Å². The standard InChI is InChI=1S/C10H23NO2S/c1-4-9(3)14(12,13)8-6-7-10(11)5-2/h9-10H,4-8,11H2,1-3H3. The summed E-state index contributed by atoms with van der Waals surface area (Å²) in [5.74, 6) is 0.287. The largest absolute Gasteiger partial charge is 0.328 e. The quantitative estimate of drug-likeness (QED) is 0.712. The molecular weight excluding hydrogens is 198 g/mol. The first-order valence-electron chi connectivity index (χ1n) is 5.41. The molecule has 86 valence electrons. The lowest BCUT2D eigenvalue weighted by Gasteiger charge is -2.12. The molecule has 0 aromatic heterocycles. The van der Waals surface area contributed by atoms with Gasteiger partial charge in [0.1, 0.15) is 0 Å². The van der Waals surface area contributed by atoms with Gasteiger partial charge in [-0.3, -0.25) is 0 Å². The lowest BCUT2D eigenvalue weighted by atomic mass is 10.1. The number of hydrogen-bond donors (Lipinski definition) is 1. The van der Waals surface area contributed by atoms with Crippen LogP contribution in [0.2, 0.25) is 0 Å². The first-order valence-corrected chi connectivity index (χ1v) is 7.12. The van der Waals surface area contributed by atoms with Crippen LogP contribution in [0.25, 0.3) is 0 Å². The van der Waals surface area contributed by atoms with Crippen LogP contribution < -0.4 is 5.73 Å². The van der Waals surface area contributed by atoms with Crippen molar-refractivity contribution in [3.8, 4) is 0 Å². The van der Waals surface area contributed by atoms with Gasteiger partial charge in [-0.15, -0.1) is 0 Å². The van der Waals surface area contributed by atoms with Crippen molar-refractivity contribution in [1.82, 2.24) is 0 Å². The summed E-state index contributed by atoms with van der Waals surface area (Å²) in [5, 5.41) is -0.208. The predicted octanol–water partition coefficient (Wildman–Crippen LogP) is 1.72. The molecule has 0 fully saturated rings. The molecule has 0 aromatic carbocycles. The minimum Gasteiger partial charge on any atom is -0.328 e. The van der Waals surface area contributed by atoms with Gasteiger partial charge in [0.15, 0.2) is 9.84 Å². The van der Waals surface area contributed by atoms with E-state index in [4.69, 9.17) is 5.73 Å². The average Bonchev–Trinajstić information content (AvgIpc) is 2.15. The Balaban J connectivity index is 3.89. The third-order valence-electron chi connectivity index (χ3n) is 2.72. The number of hydrogen-bond acceptors (Lipinski definition) is 3. The molecule has 0 saturated heterocycles. The van der Waals surface area contributed by atoms with Crippen LogP contribution in [0.15, 0.2) is 0 Å². The summed E-state index contributed by atoms with van der Waals surface area (Å²) in [4.78, 5) is 0. The highest BCUT2D eigenvalue weighted by Crippen LogP contribution is 2.09. The molecular formula is C10H23NO2S. The average molecular weight is 221 g/mol. The summed E-state index contributed by atoms with van der Waals surface area (Å²) in [6.07, 6.45) is 3.12. The zero-order chi connectivity index (χ0) is 11.2. The van der Waals surface area contributed by atoms with Crippen LogP contribution in [0.4, 0.5) is 0 Å². The van der Waals surface area contributed by atoms with Gasteiger partial charge in [-0.25, -0.2) is 8.42 Å². The van der Waals surface area contributed by atoms with Crippen LogP contribution in [-0.4, -0.2) is 25.5 Å². The molecule has 2 N–H and O–H groups in total. The molecule has 0 heterocycles. The van der Waals surface area contributed by atoms with E-state index in [-0.39, 0.29) is 17.0 Å². The maximum Gasteiger partial charge on any atom is 0.152 e. The summed E-state index contributed by atoms with van der Waals surface area (Å²) in [5.41, 5.74) is 5.72. The third kappa shape index (κ3) is 4.96. The topological polar surface area (TPSA) is 60.2 Å². The van der Waals surface area contributed by atoms with Gasteiger partial charge < -0.3 is 5.73 Å². The molecule has 0 radical (unpaired) electrons. The van der Waals surface area contributed by atoms with Gasteiger partial charge in [-0.1, -0.05) is 13.8 Å². The molecule has 0 aliphatic rings. The maximum absolute atomic E-state index is 11.6. The Hall–Kier alpha value is -0.0900. The second kappa shape index (κ2) is 6.40. The highest BCUT2D eigenvalue weighted by molar-refractivity contribution is 7.91. The molecule has 0 rings (SSSR count). The Bertz CT molecular complexity index is 237. The molecule has 0 aliphatic heterocycles. The zero-order valence-electron chi connectivity index (χ0n) is 9.49. The minimum absolute atomic E-state index is 0.155. The van der Waals surface area contributed by atoms with E-state index in [2.05, 4.69) is 0 Å². The van der Waals surface area contributed by atoms with Crippen molar-refractivity contribution in [2.24, 2.45) is 5.73 Å². The molecule has 0 saturated carbocycles. The van der Waals surface area contributed by atoms with Gasteiger partial charge in [-0.05, 0) is 32.6 Å². The van der Waals surface area contributed by atoms with Crippen LogP contribution in [0, 0.1) is 0 Å². The monoisotopic (exact) mass is 221 g/mol. The SMILES string of the molecule is CCC(N)CCCS(=O)(=O)C(C)CC. The van der Waals surface area contributed by atoms with Crippen LogP contribution in [0.5, 0.6) is 0 Å². The number of rotatable bonds is 7. The molecule has 0 amide bonds. The van der Waals surface area contributed by atoms with Gasteiger partial charge in [0.2, 0.25) is 0 Å². The Morgan fingerprint density at radius 3 is 2.21 bits per heavy atom. The summed E-state index contributed by atoms with van der Waals surface area (Å²) >= 11 is 0. The highest BCUT2D eigenvalue weighted by Gasteiger charge is 2.18. The Labute approximate surface area is 88.0 Å². The van der Waals surface area contributed by atoms with E-state index in [0.717, 1.165) is 12.8 Å². The second-order valence-electron chi connectivity index (χ2n) is 3.90. The van der Waals surface area contributed by atoms with E-state index in [1.165, 1.54) is 0 Å². The third-order valence-corrected chi connectivity index (χ3v) is 5.13. The summed E-state index contributed by atoms with van der Waals surface area (Å²) < 4.78 is 23.2. The summed E-state index contributed by atoms with van der Waals surface area (Å²) in [7, 11) is -2.87. The zero-order valence-corrected chi connectivity index (χ0v) is 10.3.